The van der Waals surface area contributed by atoms with E-state index in [-0.39, 0.29) is 11.5 Å². The van der Waals surface area contributed by atoms with Gasteiger partial charge < -0.3 is 15.3 Å². The van der Waals surface area contributed by atoms with Gasteiger partial charge in [-0.05, 0) is 6.92 Å². The Balaban J connectivity index is 3.46. The standard InChI is InChI=1S/C9H13NO3/c1-5-4-7(12)9(13)8(6(2)11)10(5)3/h4,6,11,13H,1-3H3/p+1. The third-order valence-corrected chi connectivity index (χ3v) is 2.12. The average Bonchev–Trinajstić information content (AvgIpc) is 2.01. The molecule has 72 valence electrons. The van der Waals surface area contributed by atoms with Crippen molar-refractivity contribution in [3.05, 3.63) is 17.5 Å². The van der Waals surface area contributed by atoms with E-state index in [4.69, 9.17) is 0 Å². The molecule has 0 aliphatic heterocycles. The molecule has 0 bridgehead atoms. The topological polar surface area (TPSA) is 64.6 Å². The van der Waals surface area contributed by atoms with Gasteiger partial charge in [-0.15, -0.1) is 0 Å². The summed E-state index contributed by atoms with van der Waals surface area (Å²) in [6.07, 6.45) is -0.809. The summed E-state index contributed by atoms with van der Waals surface area (Å²) < 4.78 is 1.64. The first-order chi connectivity index (χ1) is 5.95. The summed E-state index contributed by atoms with van der Waals surface area (Å²) in [7, 11) is 1.72. The summed E-state index contributed by atoms with van der Waals surface area (Å²) in [6, 6.07) is 1.45. The predicted molar refractivity (Wildman–Crippen MR) is 46.3 cm³/mol. The number of aromatic nitrogens is 1. The van der Waals surface area contributed by atoms with Crippen molar-refractivity contribution in [3.8, 4) is 11.5 Å². The second-order valence-corrected chi connectivity index (χ2v) is 3.14. The summed E-state index contributed by atoms with van der Waals surface area (Å²) in [5, 5.41) is 28.1. The molecular weight excluding hydrogens is 170 g/mol. The number of hydrogen-bond donors (Lipinski definition) is 3. The molecule has 0 saturated heterocycles. The number of hydrogen-bond acceptors (Lipinski definition) is 3. The van der Waals surface area contributed by atoms with Crippen LogP contribution in [0.1, 0.15) is 24.4 Å². The van der Waals surface area contributed by atoms with Crippen LogP contribution in [0.3, 0.4) is 0 Å². The molecule has 1 unspecified atom stereocenters. The van der Waals surface area contributed by atoms with Gasteiger partial charge >= 0.3 is 0 Å². The van der Waals surface area contributed by atoms with Crippen LogP contribution in [0.4, 0.5) is 0 Å². The number of rotatable bonds is 1. The summed E-state index contributed by atoms with van der Waals surface area (Å²) >= 11 is 0. The summed E-state index contributed by atoms with van der Waals surface area (Å²) in [5.74, 6) is -0.463. The van der Waals surface area contributed by atoms with Crippen molar-refractivity contribution >= 4 is 0 Å². The smallest absolute Gasteiger partial charge is 0.255 e. The second-order valence-electron chi connectivity index (χ2n) is 3.14. The number of aryl methyl sites for hydroxylation is 1. The van der Waals surface area contributed by atoms with Gasteiger partial charge in [0.25, 0.3) is 5.69 Å². The van der Waals surface area contributed by atoms with Crippen molar-refractivity contribution in [2.45, 2.75) is 20.0 Å². The molecule has 0 fully saturated rings. The molecule has 1 aromatic heterocycles. The average molecular weight is 184 g/mol. The molecule has 1 aromatic rings. The van der Waals surface area contributed by atoms with Gasteiger partial charge in [0.2, 0.25) is 5.75 Å². The van der Waals surface area contributed by atoms with Gasteiger partial charge in [-0.25, -0.2) is 0 Å². The van der Waals surface area contributed by atoms with Gasteiger partial charge in [-0.3, -0.25) is 0 Å². The van der Waals surface area contributed by atoms with Gasteiger partial charge in [0.05, 0.1) is 6.07 Å². The molecule has 4 nitrogen and oxygen atoms in total. The minimum Gasteiger partial charge on any atom is -0.504 e. The zero-order chi connectivity index (χ0) is 10.2. The highest BCUT2D eigenvalue weighted by atomic mass is 16.3. The summed E-state index contributed by atoms with van der Waals surface area (Å²) in [6.45, 7) is 3.32. The lowest BCUT2D eigenvalue weighted by molar-refractivity contribution is -0.689. The van der Waals surface area contributed by atoms with Gasteiger partial charge in [0.1, 0.15) is 13.2 Å². The predicted octanol–water partition coefficient (Wildman–Crippen LogP) is 0.284. The van der Waals surface area contributed by atoms with E-state index in [1.807, 2.05) is 0 Å². The molecule has 0 radical (unpaired) electrons. The Morgan fingerprint density at radius 2 is 1.92 bits per heavy atom. The number of aromatic hydroxyl groups is 2. The Morgan fingerprint density at radius 3 is 2.38 bits per heavy atom. The number of aliphatic hydroxyl groups is 1. The third-order valence-electron chi connectivity index (χ3n) is 2.12. The molecule has 13 heavy (non-hydrogen) atoms. The van der Waals surface area contributed by atoms with Crippen molar-refractivity contribution < 1.29 is 19.9 Å². The van der Waals surface area contributed by atoms with Crippen LogP contribution in [0, 0.1) is 6.92 Å². The highest BCUT2D eigenvalue weighted by Crippen LogP contribution is 2.30. The molecule has 0 aliphatic carbocycles. The van der Waals surface area contributed by atoms with Crippen LogP contribution in [-0.2, 0) is 7.05 Å². The lowest BCUT2D eigenvalue weighted by Crippen LogP contribution is -2.37. The van der Waals surface area contributed by atoms with E-state index in [9.17, 15) is 15.3 Å². The fourth-order valence-corrected chi connectivity index (χ4v) is 1.32. The fourth-order valence-electron chi connectivity index (χ4n) is 1.32. The maximum atomic E-state index is 9.44. The molecule has 1 atom stereocenters. The first-order valence-electron chi connectivity index (χ1n) is 4.04. The highest BCUT2D eigenvalue weighted by Gasteiger charge is 2.24. The molecule has 0 spiro atoms. The first-order valence-corrected chi connectivity index (χ1v) is 4.04. The van der Waals surface area contributed by atoms with E-state index >= 15 is 0 Å². The maximum absolute atomic E-state index is 9.44. The minimum atomic E-state index is -0.809. The van der Waals surface area contributed by atoms with Crippen LogP contribution in [-0.4, -0.2) is 15.3 Å². The molecule has 0 saturated carbocycles. The monoisotopic (exact) mass is 184 g/mol. The van der Waals surface area contributed by atoms with Gasteiger partial charge in [-0.2, -0.15) is 4.57 Å². The number of pyridine rings is 1. The van der Waals surface area contributed by atoms with E-state index < -0.39 is 6.10 Å². The normalized spacial score (nSPS) is 12.9. The molecule has 0 amide bonds. The summed E-state index contributed by atoms with van der Waals surface area (Å²) in [5.41, 5.74) is 1.09. The number of nitrogens with zero attached hydrogens (tertiary/aromatic N) is 1. The fraction of sp³-hybridized carbons (Fsp3) is 0.444. The summed E-state index contributed by atoms with van der Waals surface area (Å²) in [4.78, 5) is 0. The van der Waals surface area contributed by atoms with Crippen LogP contribution in [0.15, 0.2) is 6.07 Å². The molecule has 4 heteroatoms. The van der Waals surface area contributed by atoms with Gasteiger partial charge in [0, 0.05) is 6.92 Å². The molecule has 3 N–H and O–H groups in total. The molecule has 0 aliphatic rings. The lowest BCUT2D eigenvalue weighted by Gasteiger charge is -2.08. The maximum Gasteiger partial charge on any atom is 0.255 e. The van der Waals surface area contributed by atoms with Gasteiger partial charge in [0.15, 0.2) is 11.4 Å². The highest BCUT2D eigenvalue weighted by molar-refractivity contribution is 5.39. The number of aliphatic hydroxyl groups excluding tert-OH is 1. The van der Waals surface area contributed by atoms with Crippen molar-refractivity contribution in [1.29, 1.82) is 0 Å². The Kier molecular flexibility index (Phi) is 2.43. The molecule has 0 aromatic carbocycles. The van der Waals surface area contributed by atoms with Crippen LogP contribution < -0.4 is 4.57 Å². The largest absolute Gasteiger partial charge is 0.504 e. The van der Waals surface area contributed by atoms with E-state index in [2.05, 4.69) is 0 Å². The first kappa shape index (κ1) is 9.80. The second kappa shape index (κ2) is 3.22. The molecule has 1 heterocycles. The Labute approximate surface area is 76.7 Å². The van der Waals surface area contributed by atoms with Crippen LogP contribution in [0.2, 0.25) is 0 Å². The quantitative estimate of drug-likeness (QED) is 0.549. The Hall–Kier alpha value is -1.29. The van der Waals surface area contributed by atoms with Gasteiger partial charge in [-0.1, -0.05) is 0 Å². The van der Waals surface area contributed by atoms with Crippen LogP contribution in [0.5, 0.6) is 11.5 Å². The van der Waals surface area contributed by atoms with E-state index in [1.165, 1.54) is 13.0 Å². The van der Waals surface area contributed by atoms with E-state index in [0.29, 0.717) is 5.69 Å². The van der Waals surface area contributed by atoms with Crippen LogP contribution in [0.25, 0.3) is 0 Å². The third kappa shape index (κ3) is 1.58. The zero-order valence-electron chi connectivity index (χ0n) is 7.94. The van der Waals surface area contributed by atoms with Crippen LogP contribution >= 0.6 is 0 Å². The SMILES string of the molecule is Cc1cc(O)c(O)c(C(C)O)[n+]1C. The van der Waals surface area contributed by atoms with Crippen molar-refractivity contribution in [1.82, 2.24) is 0 Å². The molecule has 1 rings (SSSR count). The Bertz CT molecular complexity index is 308. The van der Waals surface area contributed by atoms with E-state index in [0.717, 1.165) is 5.69 Å². The minimum absolute atomic E-state index is 0.202. The molecular formula is C9H14NO3+. The lowest BCUT2D eigenvalue weighted by atomic mass is 10.2. The van der Waals surface area contributed by atoms with E-state index in [1.54, 1.807) is 18.5 Å². The Morgan fingerprint density at radius 1 is 1.38 bits per heavy atom. The van der Waals surface area contributed by atoms with Crippen molar-refractivity contribution in [3.63, 3.8) is 0 Å². The van der Waals surface area contributed by atoms with Crippen molar-refractivity contribution in [2.24, 2.45) is 7.05 Å². The zero-order valence-corrected chi connectivity index (χ0v) is 7.94. The van der Waals surface area contributed by atoms with Crippen molar-refractivity contribution in [2.75, 3.05) is 0 Å².